The first-order chi connectivity index (χ1) is 56.8. The molecule has 8 nitrogen and oxygen atoms in total. The number of hydrogen-bond acceptors (Lipinski definition) is 8. The molecule has 0 saturated heterocycles. The molecule has 28 aromatic carbocycles. The van der Waals surface area contributed by atoms with E-state index in [1.165, 1.54) is 292 Å². The monoisotopic (exact) mass is 1470 g/mol. The lowest BCUT2D eigenvalue weighted by atomic mass is 9.66. The Bertz CT molecular complexity index is 8380. The van der Waals surface area contributed by atoms with Crippen molar-refractivity contribution in [3.63, 3.8) is 0 Å². The van der Waals surface area contributed by atoms with Gasteiger partial charge in [-0.05, 0) is 408 Å². The molecule has 4 aliphatic heterocycles. The summed E-state index contributed by atoms with van der Waals surface area (Å²) in [7, 11) is -2.87. The van der Waals surface area contributed by atoms with Crippen LogP contribution in [0.2, 0.25) is 0 Å². The van der Waals surface area contributed by atoms with Gasteiger partial charge < -0.3 is 37.2 Å². The fourth-order valence-electron chi connectivity index (χ4n) is 25.2. The van der Waals surface area contributed by atoms with E-state index >= 15 is 0 Å². The summed E-state index contributed by atoms with van der Waals surface area (Å²) in [6, 6.07) is 67.9. The molecule has 116 heavy (non-hydrogen) atoms. The van der Waals surface area contributed by atoms with Crippen LogP contribution < -0.4 is 59.1 Å². The van der Waals surface area contributed by atoms with E-state index in [1.54, 1.807) is 0 Å². The predicted octanol–water partition coefficient (Wildman–Crippen LogP) is 24.0. The summed E-state index contributed by atoms with van der Waals surface area (Å²) >= 11 is 0. The minimum Gasteiger partial charge on any atom is -0.519 e. The average Bonchev–Trinajstić information content (AvgIpc) is 0.668. The number of hydrogen-bond donors (Lipinski definition) is 0. The topological polar surface area (TPSA) is 73.8 Å². The Balaban J connectivity index is 0.900. The molecule has 530 valence electrons. The zero-order valence-corrected chi connectivity index (χ0v) is 63.9. The summed E-state index contributed by atoms with van der Waals surface area (Å²) in [4.78, 5) is 0. The van der Waals surface area contributed by atoms with Gasteiger partial charge in [-0.25, -0.2) is 0 Å². The highest BCUT2D eigenvalue weighted by molar-refractivity contribution is 6.73. The van der Waals surface area contributed by atoms with E-state index < -0.39 is 28.5 Å². The summed E-state index contributed by atoms with van der Waals surface area (Å²) in [5, 5.41) is 58.7. The maximum absolute atomic E-state index is 7.09. The molecule has 0 unspecified atom stereocenters. The molecule has 4 aliphatic rings. The molecule has 0 atom stereocenters. The van der Waals surface area contributed by atoms with E-state index in [1.807, 2.05) is 97.1 Å². The highest BCUT2D eigenvalue weighted by Crippen LogP contribution is 2.68. The van der Waals surface area contributed by atoms with Crippen LogP contribution in [-0.4, -0.2) is 28.5 Å². The van der Waals surface area contributed by atoms with Crippen LogP contribution in [0.3, 0.4) is 0 Å². The minimum atomic E-state index is -0.718. The fraction of sp³-hybridized carbons (Fsp3) is 0.0769. The first-order valence-electron chi connectivity index (χ1n) is 40.8. The highest BCUT2D eigenvalue weighted by atomic mass is 16.6. The lowest BCUT2D eigenvalue weighted by molar-refractivity contribution is 0.518. The quantitative estimate of drug-likeness (QED) is 0.0980. The summed E-state index contributed by atoms with van der Waals surface area (Å²) in [5.74, 6) is 5.94. The Morgan fingerprint density at radius 1 is 0.147 bits per heavy atom. The first-order valence-corrected chi connectivity index (χ1v) is 40.8. The molecule has 0 aromatic heterocycles. The van der Waals surface area contributed by atoms with E-state index in [9.17, 15) is 0 Å². The second-order valence-electron chi connectivity index (χ2n) is 35.2. The van der Waals surface area contributed by atoms with Gasteiger partial charge in [0.1, 0.15) is 46.0 Å². The van der Waals surface area contributed by atoms with Crippen molar-refractivity contribution in [2.75, 3.05) is 0 Å². The van der Waals surface area contributed by atoms with E-state index in [2.05, 4.69) is 140 Å². The zero-order valence-electron chi connectivity index (χ0n) is 63.9. The van der Waals surface area contributed by atoms with Crippen molar-refractivity contribution in [2.45, 2.75) is 55.4 Å². The molecule has 28 aromatic rings. The zero-order chi connectivity index (χ0) is 75.3. The smallest absolute Gasteiger partial charge is 0.519 e. The van der Waals surface area contributed by atoms with E-state index in [0.29, 0.717) is 0 Å². The molecule has 0 bridgehead atoms. The maximum atomic E-state index is 7.09. The van der Waals surface area contributed by atoms with Crippen molar-refractivity contribution < 1.29 is 37.2 Å². The second-order valence-corrected chi connectivity index (χ2v) is 35.2. The largest absolute Gasteiger partial charge is 0.632 e. The Hall–Kier alpha value is -13.8. The van der Waals surface area contributed by atoms with E-state index in [0.717, 1.165) is 67.8 Å². The van der Waals surface area contributed by atoms with Crippen molar-refractivity contribution in [1.82, 2.24) is 0 Å². The number of benzene rings is 28. The van der Waals surface area contributed by atoms with Crippen molar-refractivity contribution in [1.29, 1.82) is 0 Å². The molecule has 0 spiro atoms. The Morgan fingerprint density at radius 2 is 0.284 bits per heavy atom. The van der Waals surface area contributed by atoms with E-state index in [-0.39, 0.29) is 0 Å². The van der Waals surface area contributed by atoms with Gasteiger partial charge >= 0.3 is 28.5 Å². The third-order valence-corrected chi connectivity index (χ3v) is 30.1. The molecule has 0 saturated carbocycles. The summed E-state index contributed by atoms with van der Waals surface area (Å²) < 4.78 is 56.7. The lowest BCUT2D eigenvalue weighted by Crippen LogP contribution is -2.39. The minimum absolute atomic E-state index is 0.718. The molecular weight excluding hydrogens is 1420 g/mol. The summed E-state index contributed by atoms with van der Waals surface area (Å²) in [5.41, 5.74) is 14.1. The molecular formula is C104H54B4O8. The van der Waals surface area contributed by atoms with Crippen LogP contribution in [0.4, 0.5) is 0 Å². The summed E-state index contributed by atoms with van der Waals surface area (Å²) in [6.45, 7) is 18.9. The number of rotatable bonds is 4. The molecule has 4 heterocycles. The van der Waals surface area contributed by atoms with Gasteiger partial charge in [0.05, 0.1) is 0 Å². The number of fused-ring (bicyclic) bond motifs is 14. The molecule has 12 heteroatoms. The molecule has 0 fully saturated rings. The maximum Gasteiger partial charge on any atom is 0.632 e. The van der Waals surface area contributed by atoms with E-state index in [4.69, 9.17) is 37.2 Å². The predicted molar refractivity (Wildman–Crippen MR) is 485 cm³/mol. The van der Waals surface area contributed by atoms with Gasteiger partial charge in [-0.1, -0.05) is 121 Å². The van der Waals surface area contributed by atoms with Crippen LogP contribution >= 0.6 is 0 Å². The Labute approximate surface area is 658 Å². The van der Waals surface area contributed by atoms with Gasteiger partial charge in [0.15, 0.2) is 0 Å². The average molecular weight is 1470 g/mol. The first kappa shape index (κ1) is 59.0. The number of para-hydroxylation sites is 8. The normalized spacial score (nSPS) is 14.9. The molecule has 0 amide bonds. The molecule has 0 N–H and O–H groups in total. The Kier molecular flexibility index (Phi) is 9.41. The fourth-order valence-corrected chi connectivity index (χ4v) is 25.2. The van der Waals surface area contributed by atoms with Crippen molar-refractivity contribution in [3.05, 3.63) is 226 Å². The van der Waals surface area contributed by atoms with Crippen LogP contribution in [0, 0.1) is 55.4 Å². The van der Waals surface area contributed by atoms with Crippen molar-refractivity contribution >= 4 is 298 Å². The van der Waals surface area contributed by atoms with Crippen molar-refractivity contribution in [3.8, 4) is 46.0 Å². The lowest BCUT2D eigenvalue weighted by Gasteiger charge is -2.34. The summed E-state index contributed by atoms with van der Waals surface area (Å²) in [6.07, 6.45) is 0. The van der Waals surface area contributed by atoms with Gasteiger partial charge in [-0.3, -0.25) is 0 Å². The van der Waals surface area contributed by atoms with Gasteiger partial charge in [0.2, 0.25) is 0 Å². The standard InChI is InChI=1S/C104H54B4O8/c1-39-25-51-55-29-47(105-109-67-17-9-10-18-68(67)110-105)33-59-63-37-64-61-35-49(107-113-71-21-13-14-22-72(71)114-107)31-57-53-27-41(3)45(7)77-78-46(8)42(4)28-54-58-32-50(108-115-73-23-15-16-24-74(73)116-108)36-62-66-38-65-60-34-48(106-111-69-19-11-12-20-70(69)112-106)30-56-52-26-40(2)44(6)76-75(43(39)5)83(51)97-91(79(55)59)101-87(63)95-89(64)103-93(81(57)61)99(85(53)77)100(86(54)78)94(82(58)62)104(103)90(66)96(95)88(65)102(101)92(80(56)60)98(97)84(52)76/h9-38H,1-8H3. The third kappa shape index (κ3) is 6.09. The van der Waals surface area contributed by atoms with Gasteiger partial charge in [-0.15, -0.1) is 0 Å². The van der Waals surface area contributed by atoms with Crippen LogP contribution in [0.25, 0.3) is 248 Å². The van der Waals surface area contributed by atoms with Gasteiger partial charge in [0, 0.05) is 21.9 Å². The number of aryl methyl sites for hydroxylation is 8. The molecule has 0 aliphatic carbocycles. The SMILES string of the molecule is Cc1cc2c3cc(B4Oc5ccccc5O4)cc4c5cc6c7cc(B8Oc9ccccc9O8)cc8c9cc(C)c(C)c%10c%11c(C)c(C)cc%12c%13cc(B%14Oc%15ccccc%15O%14)cc%14c%15cc%16c%17cc(B%18Oc%19ccccc%19O%18)cc%18c%19cc(C)c(C)c%20c(c1C)c2c1c(c34)c2c5c3c6c4c(c87)c(c9%10)c(c%12%11)c(c%13%14)c4c%15c3c%16c2c(c%18%17)c1c%19%20. The Morgan fingerprint density at radius 3 is 0.466 bits per heavy atom. The van der Waals surface area contributed by atoms with Crippen LogP contribution in [0.5, 0.6) is 46.0 Å². The van der Waals surface area contributed by atoms with Gasteiger partial charge in [-0.2, -0.15) is 0 Å². The molecule has 0 radical (unpaired) electrons. The van der Waals surface area contributed by atoms with Crippen LogP contribution in [-0.2, 0) is 0 Å². The van der Waals surface area contributed by atoms with Crippen LogP contribution in [0.15, 0.2) is 182 Å². The van der Waals surface area contributed by atoms with Gasteiger partial charge in [0.25, 0.3) is 0 Å². The second kappa shape index (κ2) is 18.5. The van der Waals surface area contributed by atoms with Crippen LogP contribution in [0.1, 0.15) is 44.5 Å². The highest BCUT2D eigenvalue weighted by Gasteiger charge is 2.45. The third-order valence-electron chi connectivity index (χ3n) is 30.1. The van der Waals surface area contributed by atoms with Crippen molar-refractivity contribution in [2.24, 2.45) is 0 Å². The molecule has 32 rings (SSSR count).